The Hall–Kier alpha value is -3.85. The van der Waals surface area contributed by atoms with Crippen LogP contribution < -0.4 is 14.3 Å². The van der Waals surface area contributed by atoms with Gasteiger partial charge in [0, 0.05) is 19.4 Å². The maximum atomic E-state index is 6.48. The molecule has 0 aliphatic heterocycles. The van der Waals surface area contributed by atoms with Crippen molar-refractivity contribution in [3.05, 3.63) is 76.3 Å². The molecule has 0 bridgehead atoms. The van der Waals surface area contributed by atoms with E-state index in [0.717, 1.165) is 51.8 Å². The number of benzene rings is 2. The molecule has 9 nitrogen and oxygen atoms in total. The summed E-state index contributed by atoms with van der Waals surface area (Å²) in [6.45, 7) is 5.77. The number of halogens is 1. The smallest absolute Gasteiger partial charge is 0.385 e. The first-order valence-corrected chi connectivity index (χ1v) is 12.2. The van der Waals surface area contributed by atoms with Crippen molar-refractivity contribution in [2.45, 2.75) is 40.0 Å². The van der Waals surface area contributed by atoms with Crippen molar-refractivity contribution in [1.29, 1.82) is 0 Å². The van der Waals surface area contributed by atoms with E-state index in [-0.39, 0.29) is 5.17 Å². The lowest BCUT2D eigenvalue weighted by atomic mass is 9.92. The Bertz CT molecular complexity index is 1470. The lowest BCUT2D eigenvalue weighted by Gasteiger charge is -2.16. The van der Waals surface area contributed by atoms with Crippen molar-refractivity contribution >= 4 is 33.4 Å². The summed E-state index contributed by atoms with van der Waals surface area (Å²) < 4.78 is 18.5. The standard InChI is InChI=1S/C27H30ClN4O5/c1-16-11-19(13-22(25(16)33-4)27(28)31-34-5)21(9-7-8-10-24-30-29-18(3)37-24)20-12-17(2)26-23(14-20)32(35-6)15-36-26/h9,11-15H,7-8,10H2,1-6H3/q+1/b21-9+,31-27-. The van der Waals surface area contributed by atoms with Crippen LogP contribution in [0, 0.1) is 20.8 Å². The lowest BCUT2D eigenvalue weighted by Crippen LogP contribution is -2.38. The fourth-order valence-corrected chi connectivity index (χ4v) is 4.56. The first-order valence-electron chi connectivity index (χ1n) is 11.8. The average Bonchev–Trinajstić information content (AvgIpc) is 3.49. The van der Waals surface area contributed by atoms with Gasteiger partial charge in [0.1, 0.15) is 20.0 Å². The summed E-state index contributed by atoms with van der Waals surface area (Å²) >= 11 is 6.48. The first kappa shape index (κ1) is 26.2. The van der Waals surface area contributed by atoms with Crippen LogP contribution in [-0.4, -0.2) is 36.7 Å². The Kier molecular flexibility index (Phi) is 8.13. The molecule has 2 aromatic carbocycles. The monoisotopic (exact) mass is 525 g/mol. The van der Waals surface area contributed by atoms with Crippen LogP contribution in [0.2, 0.25) is 0 Å². The topological polar surface area (TPSA) is 96.0 Å². The molecule has 10 heteroatoms. The molecule has 0 aliphatic rings. The summed E-state index contributed by atoms with van der Waals surface area (Å²) in [7, 11) is 4.66. The third kappa shape index (κ3) is 5.61. The van der Waals surface area contributed by atoms with Gasteiger partial charge in [-0.25, -0.2) is 0 Å². The van der Waals surface area contributed by atoms with E-state index in [1.165, 1.54) is 7.11 Å². The van der Waals surface area contributed by atoms with E-state index in [2.05, 4.69) is 33.6 Å². The highest BCUT2D eigenvalue weighted by Crippen LogP contribution is 2.34. The van der Waals surface area contributed by atoms with E-state index in [9.17, 15) is 0 Å². The molecule has 2 heterocycles. The number of methoxy groups -OCH3 is 1. The maximum Gasteiger partial charge on any atom is 0.385 e. The van der Waals surface area contributed by atoms with Gasteiger partial charge in [0.25, 0.3) is 0 Å². The third-order valence-electron chi connectivity index (χ3n) is 5.96. The van der Waals surface area contributed by atoms with E-state index in [1.54, 1.807) is 32.3 Å². The van der Waals surface area contributed by atoms with Gasteiger partial charge in [-0.2, -0.15) is 0 Å². The van der Waals surface area contributed by atoms with E-state index < -0.39 is 0 Å². The van der Waals surface area contributed by atoms with Crippen LogP contribution in [0.1, 0.15) is 52.4 Å². The fraction of sp³-hybridized carbons (Fsp3) is 0.333. The van der Waals surface area contributed by atoms with E-state index in [4.69, 9.17) is 34.8 Å². The molecule has 0 N–H and O–H groups in total. The number of oxime groups is 1. The number of aryl methyl sites for hydroxylation is 4. The molecule has 4 aromatic rings. The van der Waals surface area contributed by atoms with Gasteiger partial charge in [-0.3, -0.25) is 4.84 Å². The van der Waals surface area contributed by atoms with Gasteiger partial charge < -0.3 is 18.4 Å². The minimum absolute atomic E-state index is 0.203. The highest BCUT2D eigenvalue weighted by atomic mass is 35.5. The summed E-state index contributed by atoms with van der Waals surface area (Å²) in [5, 5.41) is 12.1. The molecule has 0 saturated heterocycles. The third-order valence-corrected chi connectivity index (χ3v) is 6.23. The maximum absolute atomic E-state index is 6.48. The van der Waals surface area contributed by atoms with Gasteiger partial charge >= 0.3 is 11.9 Å². The first-order chi connectivity index (χ1) is 17.9. The minimum Gasteiger partial charge on any atom is -0.496 e. The molecule has 0 aliphatic carbocycles. The number of allylic oxidation sites excluding steroid dienone is 1. The molecule has 2 aromatic heterocycles. The van der Waals surface area contributed by atoms with Crippen LogP contribution in [0.3, 0.4) is 0 Å². The summed E-state index contributed by atoms with van der Waals surface area (Å²) in [5.41, 5.74) is 7.11. The van der Waals surface area contributed by atoms with Crippen LogP contribution in [-0.2, 0) is 11.3 Å². The van der Waals surface area contributed by atoms with Gasteiger partial charge in [-0.05, 0) is 72.7 Å². The summed E-state index contributed by atoms with van der Waals surface area (Å²) in [6, 6.07) is 8.19. The van der Waals surface area contributed by atoms with Crippen molar-refractivity contribution in [2.24, 2.45) is 5.16 Å². The van der Waals surface area contributed by atoms with Crippen molar-refractivity contribution in [3.8, 4) is 5.75 Å². The Labute approximate surface area is 220 Å². The summed E-state index contributed by atoms with van der Waals surface area (Å²) in [5.74, 6) is 1.84. The minimum atomic E-state index is 0.203. The van der Waals surface area contributed by atoms with Crippen molar-refractivity contribution < 1.29 is 28.0 Å². The Morgan fingerprint density at radius 1 is 1.05 bits per heavy atom. The molecular weight excluding hydrogens is 496 g/mol. The van der Waals surface area contributed by atoms with Gasteiger partial charge in [0.05, 0.1) is 17.4 Å². The van der Waals surface area contributed by atoms with E-state index in [1.807, 2.05) is 26.0 Å². The molecule has 0 unspecified atom stereocenters. The predicted molar refractivity (Wildman–Crippen MR) is 140 cm³/mol. The Morgan fingerprint density at radius 2 is 1.81 bits per heavy atom. The molecule has 194 valence electrons. The number of rotatable bonds is 10. The predicted octanol–water partition coefficient (Wildman–Crippen LogP) is 5.10. The molecule has 0 amide bonds. The number of hydrogen-bond donors (Lipinski definition) is 0. The molecule has 0 spiro atoms. The molecule has 0 saturated carbocycles. The molecule has 37 heavy (non-hydrogen) atoms. The van der Waals surface area contributed by atoms with Crippen molar-refractivity contribution in [2.75, 3.05) is 21.3 Å². The van der Waals surface area contributed by atoms with Gasteiger partial charge in [0.2, 0.25) is 17.4 Å². The number of oxazole rings is 1. The summed E-state index contributed by atoms with van der Waals surface area (Å²) in [6.07, 6.45) is 6.06. The molecule has 0 fully saturated rings. The second-order valence-electron chi connectivity index (χ2n) is 8.54. The highest BCUT2D eigenvalue weighted by Gasteiger charge is 2.21. The molecule has 0 radical (unpaired) electrons. The number of ether oxygens (including phenoxy) is 1. The quantitative estimate of drug-likeness (QED) is 0.123. The van der Waals surface area contributed by atoms with Crippen LogP contribution in [0.15, 0.2) is 50.7 Å². The number of aromatic nitrogens is 3. The second-order valence-corrected chi connectivity index (χ2v) is 8.89. The summed E-state index contributed by atoms with van der Waals surface area (Å²) in [4.78, 5) is 10.4. The fourth-order valence-electron chi connectivity index (χ4n) is 4.35. The normalized spacial score (nSPS) is 12.3. The molecule has 4 rings (SSSR count). The largest absolute Gasteiger partial charge is 0.496 e. The number of nitrogens with zero attached hydrogens (tertiary/aromatic N) is 4. The number of fused-ring (bicyclic) bond motifs is 1. The van der Waals surface area contributed by atoms with Crippen LogP contribution >= 0.6 is 11.6 Å². The zero-order valence-electron chi connectivity index (χ0n) is 21.8. The number of unbranched alkanes of at least 4 members (excludes halogenated alkanes) is 1. The Morgan fingerprint density at radius 3 is 2.49 bits per heavy atom. The van der Waals surface area contributed by atoms with Gasteiger partial charge in [-0.15, -0.1) is 10.2 Å². The van der Waals surface area contributed by atoms with E-state index >= 15 is 0 Å². The number of hydrogen-bond acceptors (Lipinski definition) is 8. The molecular formula is C27H30ClN4O5+. The zero-order valence-corrected chi connectivity index (χ0v) is 22.5. The van der Waals surface area contributed by atoms with Crippen LogP contribution in [0.5, 0.6) is 5.75 Å². The second kappa shape index (κ2) is 11.5. The van der Waals surface area contributed by atoms with Crippen LogP contribution in [0.4, 0.5) is 0 Å². The average molecular weight is 526 g/mol. The zero-order chi connectivity index (χ0) is 26.5. The van der Waals surface area contributed by atoms with Crippen LogP contribution in [0.25, 0.3) is 16.7 Å². The van der Waals surface area contributed by atoms with Gasteiger partial charge in [0.15, 0.2) is 5.17 Å². The lowest BCUT2D eigenvalue weighted by molar-refractivity contribution is -0.868. The highest BCUT2D eigenvalue weighted by molar-refractivity contribution is 6.69. The van der Waals surface area contributed by atoms with Crippen molar-refractivity contribution in [3.63, 3.8) is 0 Å². The molecule has 0 atom stereocenters. The SMILES string of the molecule is CO/N=C(\Cl)c1cc(/C(=C\CCCc2nnc(C)o2)c2cc(C)c3oc[n+](OC)c3c2)cc(C)c1OC. The Balaban J connectivity index is 1.82. The van der Waals surface area contributed by atoms with Gasteiger partial charge in [-0.1, -0.05) is 22.8 Å². The van der Waals surface area contributed by atoms with E-state index in [0.29, 0.717) is 29.5 Å². The van der Waals surface area contributed by atoms with Crippen molar-refractivity contribution in [1.82, 2.24) is 10.2 Å².